The minimum atomic E-state index is -1.45. The zero-order valence-electron chi connectivity index (χ0n) is 13.6. The molecule has 0 spiro atoms. The van der Waals surface area contributed by atoms with Crippen LogP contribution in [0.4, 0.5) is 11.4 Å². The highest BCUT2D eigenvalue weighted by Gasteiger charge is 2.15. The van der Waals surface area contributed by atoms with Gasteiger partial charge in [0.25, 0.3) is 0 Å². The highest BCUT2D eigenvalue weighted by atomic mass is 16.4. The van der Waals surface area contributed by atoms with E-state index in [-0.39, 0.29) is 0 Å². The number of hydrogen-bond acceptors (Lipinski definition) is 3. The van der Waals surface area contributed by atoms with E-state index in [4.69, 9.17) is 0 Å². The number of benzene rings is 2. The number of nitrogens with zero attached hydrogens (tertiary/aromatic N) is 1. The number of anilines is 2. The zero-order chi connectivity index (χ0) is 16.7. The molecule has 118 valence electrons. The molecule has 0 saturated heterocycles. The van der Waals surface area contributed by atoms with Gasteiger partial charge in [-0.3, -0.25) is 0 Å². The van der Waals surface area contributed by atoms with Gasteiger partial charge < -0.3 is 14.9 Å². The predicted octanol–water partition coefficient (Wildman–Crippen LogP) is 3.37. The average molecular weight is 307 g/mol. The molecule has 0 unspecified atom stereocenters. The molecule has 0 heterocycles. The Morgan fingerprint density at radius 3 is 2.13 bits per heavy atom. The molecule has 2 aromatic rings. The molecule has 0 bridgehead atoms. The Labute approximate surface area is 138 Å². The van der Waals surface area contributed by atoms with E-state index in [1.165, 1.54) is 0 Å². The summed E-state index contributed by atoms with van der Waals surface area (Å²) in [5.41, 5.74) is 3.59. The lowest BCUT2D eigenvalue weighted by Gasteiger charge is -2.26. The van der Waals surface area contributed by atoms with Crippen LogP contribution < -0.4 is 10.4 Å². The third kappa shape index (κ3) is 4.34. The van der Waals surface area contributed by atoms with Crippen molar-refractivity contribution in [2.75, 3.05) is 4.90 Å². The number of allylic oxidation sites excluding steroid dienone is 3. The first-order chi connectivity index (χ1) is 11.2. The van der Waals surface area contributed by atoms with Gasteiger partial charge in [-0.15, -0.1) is 0 Å². The lowest BCUT2D eigenvalue weighted by molar-refractivity contribution is 0.426. The maximum Gasteiger partial charge on any atom is 0.488 e. The molecule has 2 rings (SSSR count). The standard InChI is InChI=1S/C19H22BNO2/c1-3-8-17(9-4-2)21(18-10-6-5-7-11-18)19-14-12-16(13-15-19)20(22)23/h3,5-15,22-23H,4H2,1-2H3/b8-3-,17-9+. The van der Waals surface area contributed by atoms with Crippen molar-refractivity contribution >= 4 is 24.0 Å². The van der Waals surface area contributed by atoms with Crippen LogP contribution in [-0.2, 0) is 0 Å². The molecule has 0 fully saturated rings. The number of para-hydroxylation sites is 1. The fourth-order valence-corrected chi connectivity index (χ4v) is 2.43. The molecule has 0 atom stereocenters. The van der Waals surface area contributed by atoms with E-state index < -0.39 is 7.12 Å². The Hall–Kier alpha value is -2.30. The Bertz CT molecular complexity index is 664. The van der Waals surface area contributed by atoms with Crippen LogP contribution in [0.15, 0.2) is 78.5 Å². The van der Waals surface area contributed by atoms with Crippen molar-refractivity contribution in [3.63, 3.8) is 0 Å². The minimum absolute atomic E-state index is 0.480. The summed E-state index contributed by atoms with van der Waals surface area (Å²) in [4.78, 5) is 2.15. The molecule has 0 aliphatic carbocycles. The van der Waals surface area contributed by atoms with Gasteiger partial charge in [-0.25, -0.2) is 0 Å². The van der Waals surface area contributed by atoms with Crippen LogP contribution in [0.5, 0.6) is 0 Å². The highest BCUT2D eigenvalue weighted by Crippen LogP contribution is 2.30. The maximum atomic E-state index is 9.27. The van der Waals surface area contributed by atoms with Crippen molar-refractivity contribution in [1.82, 2.24) is 0 Å². The average Bonchev–Trinajstić information content (AvgIpc) is 2.57. The second kappa shape index (κ2) is 8.37. The van der Waals surface area contributed by atoms with Crippen LogP contribution in [0.1, 0.15) is 20.3 Å². The lowest BCUT2D eigenvalue weighted by atomic mass is 9.80. The lowest BCUT2D eigenvalue weighted by Crippen LogP contribution is -2.29. The maximum absolute atomic E-state index is 9.27. The third-order valence-electron chi connectivity index (χ3n) is 3.47. The van der Waals surface area contributed by atoms with E-state index in [1.807, 2.05) is 43.3 Å². The first-order valence-electron chi connectivity index (χ1n) is 7.81. The van der Waals surface area contributed by atoms with Crippen LogP contribution >= 0.6 is 0 Å². The Morgan fingerprint density at radius 1 is 1.00 bits per heavy atom. The van der Waals surface area contributed by atoms with E-state index in [0.29, 0.717) is 5.46 Å². The quantitative estimate of drug-likeness (QED) is 0.635. The van der Waals surface area contributed by atoms with Gasteiger partial charge in [0.15, 0.2) is 0 Å². The van der Waals surface area contributed by atoms with Crippen molar-refractivity contribution in [1.29, 1.82) is 0 Å². The molecular formula is C19H22BNO2. The van der Waals surface area contributed by atoms with Gasteiger partial charge in [-0.1, -0.05) is 49.4 Å². The molecule has 4 heteroatoms. The largest absolute Gasteiger partial charge is 0.488 e. The van der Waals surface area contributed by atoms with Gasteiger partial charge in [-0.2, -0.15) is 0 Å². The van der Waals surface area contributed by atoms with Gasteiger partial charge in [-0.05, 0) is 49.1 Å². The topological polar surface area (TPSA) is 43.7 Å². The normalized spacial score (nSPS) is 11.7. The van der Waals surface area contributed by atoms with E-state index >= 15 is 0 Å². The highest BCUT2D eigenvalue weighted by molar-refractivity contribution is 6.58. The molecule has 3 nitrogen and oxygen atoms in total. The van der Waals surface area contributed by atoms with Crippen LogP contribution in [-0.4, -0.2) is 17.2 Å². The van der Waals surface area contributed by atoms with Crippen molar-refractivity contribution in [2.24, 2.45) is 0 Å². The van der Waals surface area contributed by atoms with Crippen molar-refractivity contribution < 1.29 is 10.0 Å². The van der Waals surface area contributed by atoms with Crippen molar-refractivity contribution in [2.45, 2.75) is 20.3 Å². The van der Waals surface area contributed by atoms with Gasteiger partial charge >= 0.3 is 7.12 Å². The Kier molecular flexibility index (Phi) is 6.21. The van der Waals surface area contributed by atoms with E-state index in [1.54, 1.807) is 12.1 Å². The number of hydrogen-bond donors (Lipinski definition) is 2. The molecule has 0 aliphatic rings. The molecule has 2 N–H and O–H groups in total. The van der Waals surface area contributed by atoms with Crippen molar-refractivity contribution in [3.05, 3.63) is 78.5 Å². The third-order valence-corrected chi connectivity index (χ3v) is 3.47. The Morgan fingerprint density at radius 2 is 1.61 bits per heavy atom. The van der Waals surface area contributed by atoms with Gasteiger partial charge in [0.1, 0.15) is 0 Å². The van der Waals surface area contributed by atoms with Crippen LogP contribution in [0.3, 0.4) is 0 Å². The molecule has 0 aliphatic heterocycles. The monoisotopic (exact) mass is 307 g/mol. The SMILES string of the molecule is C/C=C\C(=C/CC)N(c1ccccc1)c1ccc(B(O)O)cc1. The zero-order valence-corrected chi connectivity index (χ0v) is 13.6. The van der Waals surface area contributed by atoms with E-state index in [0.717, 1.165) is 23.5 Å². The second-order valence-corrected chi connectivity index (χ2v) is 5.17. The minimum Gasteiger partial charge on any atom is -0.423 e. The van der Waals surface area contributed by atoms with Crippen LogP contribution in [0, 0.1) is 0 Å². The second-order valence-electron chi connectivity index (χ2n) is 5.17. The summed E-state index contributed by atoms with van der Waals surface area (Å²) in [7, 11) is -1.45. The van der Waals surface area contributed by atoms with Gasteiger partial charge in [0.2, 0.25) is 0 Å². The summed E-state index contributed by atoms with van der Waals surface area (Å²) < 4.78 is 0. The first kappa shape index (κ1) is 17.1. The summed E-state index contributed by atoms with van der Waals surface area (Å²) in [6, 6.07) is 17.4. The number of rotatable bonds is 6. The molecule has 23 heavy (non-hydrogen) atoms. The smallest absolute Gasteiger partial charge is 0.423 e. The fraction of sp³-hybridized carbons (Fsp3) is 0.158. The molecule has 2 aromatic carbocycles. The fourth-order valence-electron chi connectivity index (χ4n) is 2.43. The van der Waals surface area contributed by atoms with Crippen LogP contribution in [0.25, 0.3) is 0 Å². The summed E-state index contributed by atoms with van der Waals surface area (Å²) in [5.74, 6) is 0. The van der Waals surface area contributed by atoms with Gasteiger partial charge in [0.05, 0.1) is 0 Å². The van der Waals surface area contributed by atoms with Crippen LogP contribution in [0.2, 0.25) is 0 Å². The first-order valence-corrected chi connectivity index (χ1v) is 7.81. The predicted molar refractivity (Wildman–Crippen MR) is 98.0 cm³/mol. The molecular weight excluding hydrogens is 285 g/mol. The molecule has 0 amide bonds. The summed E-state index contributed by atoms with van der Waals surface area (Å²) in [5, 5.41) is 18.5. The van der Waals surface area contributed by atoms with E-state index in [9.17, 15) is 10.0 Å². The van der Waals surface area contributed by atoms with E-state index in [2.05, 4.69) is 36.1 Å². The Balaban J connectivity index is 2.51. The summed E-state index contributed by atoms with van der Waals surface area (Å²) in [6.07, 6.45) is 7.19. The molecule has 0 radical (unpaired) electrons. The van der Waals surface area contributed by atoms with Crippen molar-refractivity contribution in [3.8, 4) is 0 Å². The molecule has 0 aromatic heterocycles. The summed E-state index contributed by atoms with van der Waals surface area (Å²) >= 11 is 0. The van der Waals surface area contributed by atoms with Gasteiger partial charge in [0, 0.05) is 17.1 Å². The molecule has 0 saturated carbocycles. The summed E-state index contributed by atoms with van der Waals surface area (Å²) in [6.45, 7) is 4.11.